The maximum atomic E-state index is 10.8. The van der Waals surface area contributed by atoms with Crippen molar-refractivity contribution in [3.8, 4) is 0 Å². The van der Waals surface area contributed by atoms with E-state index in [1.54, 1.807) is 6.08 Å². The zero-order valence-corrected chi connectivity index (χ0v) is 8.09. The highest BCUT2D eigenvalue weighted by Gasteiger charge is 2.38. The second-order valence-electron chi connectivity index (χ2n) is 3.03. The maximum absolute atomic E-state index is 10.8. The van der Waals surface area contributed by atoms with Crippen LogP contribution in [0.1, 0.15) is 0 Å². The summed E-state index contributed by atoms with van der Waals surface area (Å²) < 4.78 is 4.99. The van der Waals surface area contributed by atoms with Crippen molar-refractivity contribution >= 4 is 5.91 Å². The molecule has 1 saturated heterocycles. The first kappa shape index (κ1) is 11.9. The summed E-state index contributed by atoms with van der Waals surface area (Å²) in [4.78, 5) is 10.8. The summed E-state index contributed by atoms with van der Waals surface area (Å²) in [5.41, 5.74) is 0. The van der Waals surface area contributed by atoms with E-state index in [0.717, 1.165) is 6.08 Å². The third-order valence-electron chi connectivity index (χ3n) is 1.87. The molecule has 4 N–H and O–H groups in total. The number of nitrogens with one attached hydrogen (secondary N) is 2. The SMILES string of the molecule is C=CC(=O)NC(O)C(O)NC1OC1C=C. The molecule has 1 fully saturated rings. The van der Waals surface area contributed by atoms with Gasteiger partial charge < -0.3 is 20.3 Å². The van der Waals surface area contributed by atoms with E-state index in [-0.39, 0.29) is 12.3 Å². The normalized spacial score (nSPS) is 27.6. The molecule has 1 aliphatic rings. The first-order chi connectivity index (χ1) is 7.08. The molecule has 15 heavy (non-hydrogen) atoms. The van der Waals surface area contributed by atoms with Gasteiger partial charge in [-0.15, -0.1) is 6.58 Å². The van der Waals surface area contributed by atoms with Gasteiger partial charge in [-0.25, -0.2) is 0 Å². The van der Waals surface area contributed by atoms with Crippen LogP contribution in [0.15, 0.2) is 25.3 Å². The maximum Gasteiger partial charge on any atom is 0.245 e. The van der Waals surface area contributed by atoms with E-state index in [9.17, 15) is 15.0 Å². The number of hydrogen-bond acceptors (Lipinski definition) is 5. The summed E-state index contributed by atoms with van der Waals surface area (Å²) in [5.74, 6) is -0.569. The van der Waals surface area contributed by atoms with Gasteiger partial charge in [-0.3, -0.25) is 10.1 Å². The Kier molecular flexibility index (Phi) is 3.98. The molecule has 0 aromatic rings. The molecule has 0 radical (unpaired) electrons. The Morgan fingerprint density at radius 2 is 2.07 bits per heavy atom. The molecule has 1 heterocycles. The monoisotopic (exact) mass is 214 g/mol. The Morgan fingerprint density at radius 3 is 2.53 bits per heavy atom. The topological polar surface area (TPSA) is 94.1 Å². The molecular weight excluding hydrogens is 200 g/mol. The van der Waals surface area contributed by atoms with Gasteiger partial charge >= 0.3 is 0 Å². The summed E-state index contributed by atoms with van der Waals surface area (Å²) in [6.07, 6.45) is -0.682. The molecule has 1 rings (SSSR count). The minimum absolute atomic E-state index is 0.165. The predicted octanol–water partition coefficient (Wildman–Crippen LogP) is -1.57. The zero-order chi connectivity index (χ0) is 11.4. The molecule has 4 atom stereocenters. The number of hydrogen-bond donors (Lipinski definition) is 4. The van der Waals surface area contributed by atoms with Crippen molar-refractivity contribution in [3.05, 3.63) is 25.3 Å². The lowest BCUT2D eigenvalue weighted by molar-refractivity contribution is -0.123. The summed E-state index contributed by atoms with van der Waals surface area (Å²) in [6.45, 7) is 6.70. The third-order valence-corrected chi connectivity index (χ3v) is 1.87. The number of ether oxygens (including phenoxy) is 1. The highest BCUT2D eigenvalue weighted by molar-refractivity contribution is 5.86. The number of aliphatic hydroxyl groups is 2. The lowest BCUT2D eigenvalue weighted by atomic mass is 10.4. The van der Waals surface area contributed by atoms with Gasteiger partial charge in [0.15, 0.2) is 12.5 Å². The standard InChI is InChI=1S/C9H14N2O4/c1-3-5-9(15-5)11-8(14)7(13)10-6(12)4-2/h3-5,7-9,11,13-14H,1-2H2,(H,10,12). The van der Waals surface area contributed by atoms with Crippen LogP contribution in [0.25, 0.3) is 0 Å². The van der Waals surface area contributed by atoms with Crippen molar-refractivity contribution < 1.29 is 19.7 Å². The second kappa shape index (κ2) is 5.04. The van der Waals surface area contributed by atoms with E-state index in [4.69, 9.17) is 4.74 Å². The first-order valence-electron chi connectivity index (χ1n) is 4.41. The molecule has 1 aliphatic heterocycles. The van der Waals surface area contributed by atoms with E-state index in [0.29, 0.717) is 0 Å². The van der Waals surface area contributed by atoms with Crippen molar-refractivity contribution in [1.82, 2.24) is 10.6 Å². The molecule has 0 spiro atoms. The lowest BCUT2D eigenvalue weighted by Crippen LogP contribution is -2.50. The van der Waals surface area contributed by atoms with Crippen molar-refractivity contribution in [2.24, 2.45) is 0 Å². The van der Waals surface area contributed by atoms with Crippen LogP contribution in [-0.2, 0) is 9.53 Å². The van der Waals surface area contributed by atoms with Crippen LogP contribution >= 0.6 is 0 Å². The van der Waals surface area contributed by atoms with Gasteiger partial charge in [0, 0.05) is 0 Å². The molecule has 0 aromatic carbocycles. The highest BCUT2D eigenvalue weighted by Crippen LogP contribution is 2.20. The minimum atomic E-state index is -1.41. The summed E-state index contributed by atoms with van der Waals surface area (Å²) >= 11 is 0. The molecule has 0 aromatic heterocycles. The summed E-state index contributed by atoms with van der Waals surface area (Å²) in [7, 11) is 0. The fourth-order valence-corrected chi connectivity index (χ4v) is 0.980. The van der Waals surface area contributed by atoms with E-state index < -0.39 is 18.4 Å². The van der Waals surface area contributed by atoms with Crippen LogP contribution < -0.4 is 10.6 Å². The number of amides is 1. The van der Waals surface area contributed by atoms with Crippen molar-refractivity contribution in [2.45, 2.75) is 24.8 Å². The summed E-state index contributed by atoms with van der Waals surface area (Å²) in [6, 6.07) is 0. The molecule has 4 unspecified atom stereocenters. The first-order valence-corrected chi connectivity index (χ1v) is 4.41. The van der Waals surface area contributed by atoms with Gasteiger partial charge in [0.2, 0.25) is 5.91 Å². The minimum Gasteiger partial charge on any atom is -0.374 e. The van der Waals surface area contributed by atoms with E-state index in [1.165, 1.54) is 0 Å². The highest BCUT2D eigenvalue weighted by atomic mass is 16.6. The zero-order valence-electron chi connectivity index (χ0n) is 8.09. The average Bonchev–Trinajstić information content (AvgIpc) is 2.96. The largest absolute Gasteiger partial charge is 0.374 e. The van der Waals surface area contributed by atoms with Gasteiger partial charge in [0.05, 0.1) is 0 Å². The van der Waals surface area contributed by atoms with Gasteiger partial charge in [0.1, 0.15) is 12.3 Å². The molecule has 0 bridgehead atoms. The van der Waals surface area contributed by atoms with Gasteiger partial charge in [0.25, 0.3) is 0 Å². The molecule has 84 valence electrons. The van der Waals surface area contributed by atoms with Crippen LogP contribution in [-0.4, -0.2) is 40.9 Å². The van der Waals surface area contributed by atoms with Crippen LogP contribution in [0.5, 0.6) is 0 Å². The van der Waals surface area contributed by atoms with E-state index >= 15 is 0 Å². The van der Waals surface area contributed by atoms with E-state index in [2.05, 4.69) is 23.8 Å². The Hall–Kier alpha value is -1.21. The molecule has 0 saturated carbocycles. The summed E-state index contributed by atoms with van der Waals surface area (Å²) in [5, 5.41) is 23.3. The van der Waals surface area contributed by atoms with Crippen LogP contribution in [0.4, 0.5) is 0 Å². The van der Waals surface area contributed by atoms with Crippen LogP contribution in [0.2, 0.25) is 0 Å². The number of carbonyl (C=O) groups excluding carboxylic acids is 1. The molecular formula is C9H14N2O4. The number of carbonyl (C=O) groups is 1. The van der Waals surface area contributed by atoms with Crippen LogP contribution in [0, 0.1) is 0 Å². The van der Waals surface area contributed by atoms with Crippen molar-refractivity contribution in [2.75, 3.05) is 0 Å². The lowest BCUT2D eigenvalue weighted by Gasteiger charge is -2.18. The third kappa shape index (κ3) is 3.45. The second-order valence-corrected chi connectivity index (χ2v) is 3.03. The number of rotatable bonds is 6. The molecule has 0 aliphatic carbocycles. The fourth-order valence-electron chi connectivity index (χ4n) is 0.980. The van der Waals surface area contributed by atoms with E-state index in [1.807, 2.05) is 0 Å². The number of epoxide rings is 1. The fraction of sp³-hybridized carbons (Fsp3) is 0.444. The molecule has 6 heteroatoms. The quantitative estimate of drug-likeness (QED) is 0.185. The van der Waals surface area contributed by atoms with Gasteiger partial charge in [-0.05, 0) is 6.08 Å². The number of aliphatic hydroxyl groups excluding tert-OH is 2. The Bertz CT molecular complexity index is 269. The Labute approximate surface area is 87.2 Å². The van der Waals surface area contributed by atoms with Gasteiger partial charge in [-0.2, -0.15) is 0 Å². The predicted molar refractivity (Wildman–Crippen MR) is 52.3 cm³/mol. The average molecular weight is 214 g/mol. The smallest absolute Gasteiger partial charge is 0.245 e. The molecule has 6 nitrogen and oxygen atoms in total. The Balaban J connectivity index is 2.27. The Morgan fingerprint density at radius 1 is 1.40 bits per heavy atom. The van der Waals surface area contributed by atoms with Crippen molar-refractivity contribution in [3.63, 3.8) is 0 Å². The van der Waals surface area contributed by atoms with Crippen molar-refractivity contribution in [1.29, 1.82) is 0 Å². The van der Waals surface area contributed by atoms with Crippen LogP contribution in [0.3, 0.4) is 0 Å². The van der Waals surface area contributed by atoms with Gasteiger partial charge in [-0.1, -0.05) is 12.7 Å². The molecule has 1 amide bonds.